The largest absolute Gasteiger partial charge is 0.353 e. The van der Waals surface area contributed by atoms with E-state index in [0.717, 1.165) is 35.9 Å². The Morgan fingerprint density at radius 1 is 1.03 bits per heavy atom. The first-order valence-corrected chi connectivity index (χ1v) is 10.6. The Balaban J connectivity index is 1.33. The van der Waals surface area contributed by atoms with Gasteiger partial charge in [0.05, 0.1) is 0 Å². The molecule has 0 aliphatic carbocycles. The van der Waals surface area contributed by atoms with Crippen LogP contribution in [-0.4, -0.2) is 57.6 Å². The number of imidazole rings is 1. The number of carbonyl (C=O) groups excluding carboxylic acids is 2. The second kappa shape index (κ2) is 9.51. The Kier molecular flexibility index (Phi) is 6.34. The van der Waals surface area contributed by atoms with Crippen molar-refractivity contribution < 1.29 is 9.59 Å². The van der Waals surface area contributed by atoms with Crippen LogP contribution in [0.25, 0.3) is 11.4 Å². The molecule has 1 aliphatic rings. The lowest BCUT2D eigenvalue weighted by atomic mass is 10.2. The number of amides is 3. The van der Waals surface area contributed by atoms with Crippen LogP contribution in [0.3, 0.4) is 0 Å². The third-order valence-corrected chi connectivity index (χ3v) is 5.51. The molecule has 0 atom stereocenters. The average molecular weight is 434 g/mol. The number of anilines is 2. The van der Waals surface area contributed by atoms with Crippen LogP contribution in [0.4, 0.5) is 16.3 Å². The van der Waals surface area contributed by atoms with Gasteiger partial charge in [0.25, 0.3) is 0 Å². The zero-order chi connectivity index (χ0) is 22.5. The van der Waals surface area contributed by atoms with Crippen molar-refractivity contribution >= 4 is 23.4 Å². The highest BCUT2D eigenvalue weighted by molar-refractivity contribution is 5.89. The molecular weight excluding hydrogens is 406 g/mol. The van der Waals surface area contributed by atoms with Crippen molar-refractivity contribution in [2.45, 2.75) is 13.5 Å². The van der Waals surface area contributed by atoms with Gasteiger partial charge in [-0.05, 0) is 29.8 Å². The van der Waals surface area contributed by atoms with Crippen molar-refractivity contribution in [3.8, 4) is 11.4 Å². The molecule has 1 aliphatic heterocycles. The summed E-state index contributed by atoms with van der Waals surface area (Å²) in [6.07, 6.45) is 5.38. The number of aromatic nitrogens is 3. The summed E-state index contributed by atoms with van der Waals surface area (Å²) in [5, 5.41) is 5.77. The first kappa shape index (κ1) is 21.4. The monoisotopic (exact) mass is 433 g/mol. The van der Waals surface area contributed by atoms with Crippen LogP contribution in [0, 0.1) is 0 Å². The van der Waals surface area contributed by atoms with Crippen molar-refractivity contribution in [1.82, 2.24) is 24.8 Å². The number of urea groups is 1. The third kappa shape index (κ3) is 5.05. The molecule has 2 N–H and O–H groups in total. The number of benzene rings is 1. The minimum Gasteiger partial charge on any atom is -0.353 e. The van der Waals surface area contributed by atoms with Crippen LogP contribution in [0.1, 0.15) is 12.5 Å². The number of nitrogens with one attached hydrogen (secondary N) is 2. The highest BCUT2D eigenvalue weighted by Gasteiger charge is 2.19. The van der Waals surface area contributed by atoms with Gasteiger partial charge in [0.15, 0.2) is 0 Å². The highest BCUT2D eigenvalue weighted by atomic mass is 16.2. The van der Waals surface area contributed by atoms with E-state index >= 15 is 0 Å². The summed E-state index contributed by atoms with van der Waals surface area (Å²) in [4.78, 5) is 36.7. The fourth-order valence-electron chi connectivity index (χ4n) is 3.73. The van der Waals surface area contributed by atoms with Gasteiger partial charge in [0.1, 0.15) is 11.6 Å². The van der Waals surface area contributed by atoms with Crippen LogP contribution in [0.15, 0.2) is 55.0 Å². The van der Waals surface area contributed by atoms with Gasteiger partial charge in [-0.15, -0.1) is 0 Å². The van der Waals surface area contributed by atoms with Crippen LogP contribution >= 0.6 is 0 Å². The third-order valence-electron chi connectivity index (χ3n) is 5.51. The maximum absolute atomic E-state index is 12.4. The Hall–Kier alpha value is -3.88. The number of piperazine rings is 1. The molecule has 0 radical (unpaired) electrons. The van der Waals surface area contributed by atoms with Gasteiger partial charge in [-0.2, -0.15) is 0 Å². The molecule has 1 fully saturated rings. The first-order valence-electron chi connectivity index (χ1n) is 10.6. The minimum absolute atomic E-state index is 0.104. The molecule has 0 unspecified atom stereocenters. The van der Waals surface area contributed by atoms with E-state index in [9.17, 15) is 9.59 Å². The number of hydrogen-bond donors (Lipinski definition) is 2. The molecule has 2 aromatic heterocycles. The van der Waals surface area contributed by atoms with E-state index < -0.39 is 0 Å². The summed E-state index contributed by atoms with van der Waals surface area (Å²) in [5.41, 5.74) is 2.58. The van der Waals surface area contributed by atoms with E-state index in [1.54, 1.807) is 19.3 Å². The zero-order valence-corrected chi connectivity index (χ0v) is 18.3. The second-order valence-electron chi connectivity index (χ2n) is 7.77. The Labute approximate surface area is 187 Å². The molecule has 4 rings (SSSR count). The Bertz CT molecular complexity index is 1100. The van der Waals surface area contributed by atoms with Gasteiger partial charge in [0, 0.05) is 76.5 Å². The Morgan fingerprint density at radius 3 is 2.56 bits per heavy atom. The van der Waals surface area contributed by atoms with Crippen molar-refractivity contribution in [1.29, 1.82) is 0 Å². The van der Waals surface area contributed by atoms with E-state index in [-0.39, 0.29) is 11.9 Å². The molecule has 1 aromatic carbocycles. The molecule has 3 aromatic rings. The summed E-state index contributed by atoms with van der Waals surface area (Å²) in [7, 11) is 1.93. The number of hydrogen-bond acceptors (Lipinski definition) is 5. The lowest BCUT2D eigenvalue weighted by Crippen LogP contribution is -2.48. The van der Waals surface area contributed by atoms with Crippen LogP contribution < -0.4 is 15.5 Å². The fourth-order valence-corrected chi connectivity index (χ4v) is 3.73. The molecule has 3 amide bonds. The summed E-state index contributed by atoms with van der Waals surface area (Å²) in [6, 6.07) is 11.2. The predicted octanol–water partition coefficient (Wildman–Crippen LogP) is 2.47. The van der Waals surface area contributed by atoms with Crippen LogP contribution in [-0.2, 0) is 18.4 Å². The minimum atomic E-state index is -0.282. The second-order valence-corrected chi connectivity index (χ2v) is 7.77. The van der Waals surface area contributed by atoms with Crippen molar-refractivity contribution in [3.63, 3.8) is 0 Å². The molecule has 32 heavy (non-hydrogen) atoms. The van der Waals surface area contributed by atoms with E-state index in [4.69, 9.17) is 0 Å². The summed E-state index contributed by atoms with van der Waals surface area (Å²) in [5.74, 6) is 1.80. The molecule has 166 valence electrons. The SMILES string of the molecule is CC(=O)N1CCN(c2cc(CNC(=O)Nc3cccc(-c4nccn4C)c3)ccn2)CC1. The zero-order valence-electron chi connectivity index (χ0n) is 18.3. The molecular formula is C23H27N7O2. The van der Waals surface area contributed by atoms with Crippen LogP contribution in [0.5, 0.6) is 0 Å². The smallest absolute Gasteiger partial charge is 0.319 e. The normalized spacial score (nSPS) is 13.7. The molecule has 0 saturated carbocycles. The van der Waals surface area contributed by atoms with E-state index in [2.05, 4.69) is 25.5 Å². The molecule has 3 heterocycles. The average Bonchev–Trinajstić information content (AvgIpc) is 3.24. The molecule has 1 saturated heterocycles. The number of pyridine rings is 1. The Morgan fingerprint density at radius 2 is 1.84 bits per heavy atom. The van der Waals surface area contributed by atoms with Gasteiger partial charge in [-0.25, -0.2) is 14.8 Å². The van der Waals surface area contributed by atoms with Gasteiger partial charge < -0.3 is 25.0 Å². The molecule has 0 spiro atoms. The lowest BCUT2D eigenvalue weighted by Gasteiger charge is -2.35. The lowest BCUT2D eigenvalue weighted by molar-refractivity contribution is -0.129. The fraction of sp³-hybridized carbons (Fsp3) is 0.304. The molecule has 9 heteroatoms. The molecule has 9 nitrogen and oxygen atoms in total. The van der Waals surface area contributed by atoms with Crippen molar-refractivity contribution in [2.24, 2.45) is 7.05 Å². The van der Waals surface area contributed by atoms with Gasteiger partial charge in [-0.1, -0.05) is 12.1 Å². The quantitative estimate of drug-likeness (QED) is 0.645. The van der Waals surface area contributed by atoms with E-state index in [1.807, 2.05) is 59.1 Å². The van der Waals surface area contributed by atoms with E-state index in [0.29, 0.717) is 25.3 Å². The topological polar surface area (TPSA) is 95.4 Å². The first-order chi connectivity index (χ1) is 15.5. The number of aryl methyl sites for hydroxylation is 1. The predicted molar refractivity (Wildman–Crippen MR) is 123 cm³/mol. The summed E-state index contributed by atoms with van der Waals surface area (Å²) in [6.45, 7) is 4.86. The van der Waals surface area contributed by atoms with Crippen molar-refractivity contribution in [2.75, 3.05) is 36.4 Å². The van der Waals surface area contributed by atoms with Crippen molar-refractivity contribution in [3.05, 3.63) is 60.6 Å². The number of nitrogens with zero attached hydrogens (tertiary/aromatic N) is 5. The van der Waals surface area contributed by atoms with Gasteiger partial charge in [0.2, 0.25) is 5.91 Å². The number of carbonyl (C=O) groups is 2. The number of rotatable bonds is 5. The highest BCUT2D eigenvalue weighted by Crippen LogP contribution is 2.20. The standard InChI is InChI=1S/C23H27N7O2/c1-17(31)29-10-12-30(13-11-29)21-14-18(6-7-24-21)16-26-23(32)27-20-5-3-4-19(15-20)22-25-8-9-28(22)2/h3-9,14-15H,10-13,16H2,1-2H3,(H2,26,27,32). The maximum atomic E-state index is 12.4. The van der Waals surface area contributed by atoms with Crippen LogP contribution in [0.2, 0.25) is 0 Å². The maximum Gasteiger partial charge on any atom is 0.319 e. The van der Waals surface area contributed by atoms with Gasteiger partial charge in [-0.3, -0.25) is 4.79 Å². The molecule has 0 bridgehead atoms. The van der Waals surface area contributed by atoms with Gasteiger partial charge >= 0.3 is 6.03 Å². The summed E-state index contributed by atoms with van der Waals surface area (Å²) >= 11 is 0. The van der Waals surface area contributed by atoms with E-state index in [1.165, 1.54) is 0 Å². The summed E-state index contributed by atoms with van der Waals surface area (Å²) < 4.78 is 1.93.